The molecule has 32 heavy (non-hydrogen) atoms. The lowest BCUT2D eigenvalue weighted by Crippen LogP contribution is -2.50. The second kappa shape index (κ2) is 12.8. The number of morpholine rings is 1. The van der Waals surface area contributed by atoms with Gasteiger partial charge in [-0.15, -0.1) is 11.3 Å². The van der Waals surface area contributed by atoms with Gasteiger partial charge >= 0.3 is 0 Å². The van der Waals surface area contributed by atoms with Crippen molar-refractivity contribution in [1.82, 2.24) is 15.5 Å². The van der Waals surface area contributed by atoms with Crippen molar-refractivity contribution in [2.24, 2.45) is 0 Å². The van der Waals surface area contributed by atoms with Crippen LogP contribution in [0.3, 0.4) is 0 Å². The summed E-state index contributed by atoms with van der Waals surface area (Å²) in [5.74, 6) is 0.769. The van der Waals surface area contributed by atoms with Crippen LogP contribution in [0.2, 0.25) is 0 Å². The molecule has 1 aromatic heterocycles. The van der Waals surface area contributed by atoms with Crippen molar-refractivity contribution < 1.29 is 19.1 Å². The van der Waals surface area contributed by atoms with E-state index in [9.17, 15) is 9.59 Å². The number of thioether (sulfide) groups is 1. The van der Waals surface area contributed by atoms with Gasteiger partial charge in [-0.25, -0.2) is 0 Å². The summed E-state index contributed by atoms with van der Waals surface area (Å²) in [6, 6.07) is 10.6. The number of benzene rings is 1. The third-order valence-electron chi connectivity index (χ3n) is 5.41. The quantitative estimate of drug-likeness (QED) is 0.518. The van der Waals surface area contributed by atoms with Crippen LogP contribution in [0.5, 0.6) is 5.75 Å². The van der Waals surface area contributed by atoms with E-state index in [1.54, 1.807) is 41.3 Å². The predicted molar refractivity (Wildman–Crippen MR) is 130 cm³/mol. The molecule has 0 saturated carbocycles. The Morgan fingerprint density at radius 2 is 2.00 bits per heavy atom. The van der Waals surface area contributed by atoms with Gasteiger partial charge in [-0.2, -0.15) is 11.8 Å². The second-order valence-electron chi connectivity index (χ2n) is 7.43. The largest absolute Gasteiger partial charge is 0.496 e. The summed E-state index contributed by atoms with van der Waals surface area (Å²) in [6.45, 7) is 3.54. The molecule has 0 bridgehead atoms. The minimum absolute atomic E-state index is 0.0916. The van der Waals surface area contributed by atoms with Gasteiger partial charge in [0.2, 0.25) is 5.91 Å². The van der Waals surface area contributed by atoms with E-state index < -0.39 is 6.04 Å². The van der Waals surface area contributed by atoms with E-state index in [-0.39, 0.29) is 17.9 Å². The first-order valence-corrected chi connectivity index (χ1v) is 13.0. The number of hydrogen-bond donors (Lipinski definition) is 2. The van der Waals surface area contributed by atoms with Crippen molar-refractivity contribution in [3.8, 4) is 5.75 Å². The molecule has 2 amide bonds. The Labute approximate surface area is 197 Å². The van der Waals surface area contributed by atoms with Crippen molar-refractivity contribution >= 4 is 34.9 Å². The summed E-state index contributed by atoms with van der Waals surface area (Å²) in [6.07, 6.45) is 2.54. The lowest BCUT2D eigenvalue weighted by molar-refractivity contribution is -0.123. The fourth-order valence-corrected chi connectivity index (χ4v) is 5.01. The average molecular weight is 478 g/mol. The number of hydrogen-bond acceptors (Lipinski definition) is 7. The van der Waals surface area contributed by atoms with Crippen LogP contribution in [-0.4, -0.2) is 74.7 Å². The Balaban J connectivity index is 1.67. The highest BCUT2D eigenvalue weighted by Gasteiger charge is 2.27. The van der Waals surface area contributed by atoms with Crippen molar-refractivity contribution in [2.45, 2.75) is 18.5 Å². The first-order chi connectivity index (χ1) is 15.6. The molecule has 7 nitrogen and oxygen atoms in total. The fraction of sp³-hybridized carbons (Fsp3) is 0.478. The highest BCUT2D eigenvalue weighted by atomic mass is 32.2. The zero-order valence-electron chi connectivity index (χ0n) is 18.5. The zero-order valence-corrected chi connectivity index (χ0v) is 20.2. The average Bonchev–Trinajstić information content (AvgIpc) is 3.37. The molecule has 0 spiro atoms. The molecular weight excluding hydrogens is 446 g/mol. The number of para-hydroxylation sites is 1. The number of methoxy groups -OCH3 is 1. The van der Waals surface area contributed by atoms with E-state index >= 15 is 0 Å². The fourth-order valence-electron chi connectivity index (χ4n) is 3.67. The molecular formula is C23H31N3O4S2. The Morgan fingerprint density at radius 3 is 2.69 bits per heavy atom. The number of thiophene rings is 1. The molecule has 2 heterocycles. The van der Waals surface area contributed by atoms with Crippen molar-refractivity contribution in [3.05, 3.63) is 52.2 Å². The van der Waals surface area contributed by atoms with E-state index in [2.05, 4.69) is 27.0 Å². The standard InChI is InChI=1S/C23H31N3O4S2/c1-29-20-7-4-3-6-17(20)22(27)25-18(9-15-31-2)23(28)24-16-19(21-8-5-14-32-21)26-10-12-30-13-11-26/h3-8,14,18-19H,9-13,15-16H2,1-2H3,(H,24,28)(H,25,27)/t18-,19-/m0/s1. The monoisotopic (exact) mass is 477 g/mol. The van der Waals surface area contributed by atoms with Crippen LogP contribution >= 0.6 is 23.1 Å². The molecule has 2 aromatic rings. The van der Waals surface area contributed by atoms with Crippen LogP contribution in [-0.2, 0) is 9.53 Å². The highest BCUT2D eigenvalue weighted by molar-refractivity contribution is 7.98. The van der Waals surface area contributed by atoms with Crippen molar-refractivity contribution in [1.29, 1.82) is 0 Å². The molecule has 1 aliphatic rings. The summed E-state index contributed by atoms with van der Waals surface area (Å²) in [7, 11) is 1.53. The van der Waals surface area contributed by atoms with Gasteiger partial charge in [0.1, 0.15) is 11.8 Å². The Hall–Kier alpha value is -2.07. The van der Waals surface area contributed by atoms with Gasteiger partial charge in [0.25, 0.3) is 5.91 Å². The van der Waals surface area contributed by atoms with Gasteiger partial charge in [-0.05, 0) is 42.0 Å². The molecule has 0 unspecified atom stereocenters. The third kappa shape index (κ3) is 6.71. The molecule has 0 aliphatic carbocycles. The topological polar surface area (TPSA) is 79.9 Å². The normalized spacial score (nSPS) is 16.2. The SMILES string of the molecule is COc1ccccc1C(=O)N[C@@H](CCSC)C(=O)NC[C@@H](c1cccs1)N1CCOCC1. The molecule has 2 atom stereocenters. The maximum atomic E-state index is 13.1. The van der Waals surface area contributed by atoms with Gasteiger partial charge in [0, 0.05) is 24.5 Å². The minimum Gasteiger partial charge on any atom is -0.496 e. The van der Waals surface area contributed by atoms with Crippen LogP contribution in [0.25, 0.3) is 0 Å². The Bertz CT molecular complexity index is 857. The molecule has 2 N–H and O–H groups in total. The summed E-state index contributed by atoms with van der Waals surface area (Å²) in [5, 5.41) is 8.05. The van der Waals surface area contributed by atoms with Gasteiger partial charge in [-0.3, -0.25) is 14.5 Å². The molecule has 174 valence electrons. The highest BCUT2D eigenvalue weighted by Crippen LogP contribution is 2.25. The Morgan fingerprint density at radius 1 is 1.22 bits per heavy atom. The number of ether oxygens (including phenoxy) is 2. The third-order valence-corrected chi connectivity index (χ3v) is 7.03. The predicted octanol–water partition coefficient (Wildman–Crippen LogP) is 2.80. The number of rotatable bonds is 11. The van der Waals surface area contributed by atoms with E-state index in [0.29, 0.717) is 37.5 Å². The first-order valence-electron chi connectivity index (χ1n) is 10.7. The maximum absolute atomic E-state index is 13.1. The molecule has 9 heteroatoms. The zero-order chi connectivity index (χ0) is 22.8. The van der Waals surface area contributed by atoms with Gasteiger partial charge in [0.15, 0.2) is 0 Å². The number of carbonyl (C=O) groups is 2. The first kappa shape index (κ1) is 24.6. The lowest BCUT2D eigenvalue weighted by atomic mass is 10.1. The van der Waals surface area contributed by atoms with Gasteiger partial charge < -0.3 is 20.1 Å². The van der Waals surface area contributed by atoms with E-state index in [0.717, 1.165) is 18.8 Å². The number of amides is 2. The smallest absolute Gasteiger partial charge is 0.255 e. The number of nitrogens with zero attached hydrogens (tertiary/aromatic N) is 1. The van der Waals surface area contributed by atoms with E-state index in [1.165, 1.54) is 12.0 Å². The molecule has 1 aromatic carbocycles. The van der Waals surface area contributed by atoms with Crippen molar-refractivity contribution in [3.63, 3.8) is 0 Å². The van der Waals surface area contributed by atoms with Crippen LogP contribution in [0.15, 0.2) is 41.8 Å². The van der Waals surface area contributed by atoms with Crippen LogP contribution in [0, 0.1) is 0 Å². The van der Waals surface area contributed by atoms with E-state index in [4.69, 9.17) is 9.47 Å². The maximum Gasteiger partial charge on any atom is 0.255 e. The molecule has 1 saturated heterocycles. The van der Waals surface area contributed by atoms with Crippen LogP contribution < -0.4 is 15.4 Å². The molecule has 1 fully saturated rings. The number of nitrogens with one attached hydrogen (secondary N) is 2. The molecule has 0 radical (unpaired) electrons. The summed E-state index contributed by atoms with van der Waals surface area (Å²) < 4.78 is 10.8. The summed E-state index contributed by atoms with van der Waals surface area (Å²) in [4.78, 5) is 29.6. The lowest BCUT2D eigenvalue weighted by Gasteiger charge is -2.34. The summed E-state index contributed by atoms with van der Waals surface area (Å²) >= 11 is 3.34. The molecule has 3 rings (SSSR count). The van der Waals surface area contributed by atoms with Gasteiger partial charge in [-0.1, -0.05) is 18.2 Å². The minimum atomic E-state index is -0.617. The Kier molecular flexibility index (Phi) is 9.86. The van der Waals surface area contributed by atoms with Crippen LogP contribution in [0.4, 0.5) is 0 Å². The van der Waals surface area contributed by atoms with Crippen molar-refractivity contribution in [2.75, 3.05) is 52.0 Å². The second-order valence-corrected chi connectivity index (χ2v) is 9.40. The number of carbonyl (C=O) groups excluding carboxylic acids is 2. The van der Waals surface area contributed by atoms with Gasteiger partial charge in [0.05, 0.1) is 31.9 Å². The van der Waals surface area contributed by atoms with E-state index in [1.807, 2.05) is 18.4 Å². The summed E-state index contributed by atoms with van der Waals surface area (Å²) in [5.41, 5.74) is 0.418. The molecule has 1 aliphatic heterocycles. The van der Waals surface area contributed by atoms with Crippen LogP contribution in [0.1, 0.15) is 27.7 Å².